The number of nitrogens with one attached hydrogen (secondary N) is 2. The lowest BCUT2D eigenvalue weighted by molar-refractivity contribution is 0.724. The highest BCUT2D eigenvalue weighted by molar-refractivity contribution is 9.10. The summed E-state index contributed by atoms with van der Waals surface area (Å²) in [5, 5.41) is 5.95. The fourth-order valence-electron chi connectivity index (χ4n) is 2.93. The minimum absolute atomic E-state index is 0.0770. The molecule has 0 radical (unpaired) electrons. The SMILES string of the molecule is CCn1c(N/N=C/c2c[nH]c3ccc(Br)cc23)nc2ccccc2c1=O. The normalized spacial score (nSPS) is 11.6. The van der Waals surface area contributed by atoms with E-state index in [1.807, 2.05) is 49.5 Å². The van der Waals surface area contributed by atoms with Crippen LogP contribution in [-0.4, -0.2) is 20.7 Å². The van der Waals surface area contributed by atoms with Crippen molar-refractivity contribution < 1.29 is 0 Å². The lowest BCUT2D eigenvalue weighted by Gasteiger charge is -2.10. The van der Waals surface area contributed by atoms with E-state index in [0.29, 0.717) is 23.4 Å². The average molecular weight is 410 g/mol. The standard InChI is InChI=1S/C19H16BrN5O/c1-2-25-18(26)14-5-3-4-6-17(14)23-19(25)24-22-11-12-10-21-16-8-7-13(20)9-15(12)16/h3-11,21H,2H2,1H3,(H,23,24)/b22-11+. The Kier molecular flexibility index (Phi) is 4.30. The van der Waals surface area contributed by atoms with E-state index < -0.39 is 0 Å². The van der Waals surface area contributed by atoms with Crippen molar-refractivity contribution in [3.05, 3.63) is 69.1 Å². The van der Waals surface area contributed by atoms with Gasteiger partial charge in [-0.05, 0) is 37.3 Å². The lowest BCUT2D eigenvalue weighted by atomic mass is 10.2. The molecule has 4 aromatic rings. The number of para-hydroxylation sites is 1. The fraction of sp³-hybridized carbons (Fsp3) is 0.105. The fourth-order valence-corrected chi connectivity index (χ4v) is 3.29. The van der Waals surface area contributed by atoms with Crippen molar-refractivity contribution in [3.8, 4) is 0 Å². The third-order valence-corrected chi connectivity index (χ3v) is 4.72. The van der Waals surface area contributed by atoms with Gasteiger partial charge < -0.3 is 4.98 Å². The van der Waals surface area contributed by atoms with Crippen LogP contribution >= 0.6 is 15.9 Å². The van der Waals surface area contributed by atoms with Gasteiger partial charge in [-0.15, -0.1) is 0 Å². The number of hydrazone groups is 1. The van der Waals surface area contributed by atoms with Crippen molar-refractivity contribution in [3.63, 3.8) is 0 Å². The summed E-state index contributed by atoms with van der Waals surface area (Å²) in [7, 11) is 0. The van der Waals surface area contributed by atoms with Crippen LogP contribution in [0.2, 0.25) is 0 Å². The molecule has 0 fully saturated rings. The summed E-state index contributed by atoms with van der Waals surface area (Å²) in [4.78, 5) is 20.3. The maximum absolute atomic E-state index is 12.6. The van der Waals surface area contributed by atoms with Gasteiger partial charge in [-0.1, -0.05) is 28.1 Å². The minimum atomic E-state index is -0.0770. The van der Waals surface area contributed by atoms with E-state index in [0.717, 1.165) is 20.9 Å². The Morgan fingerprint density at radius 3 is 2.96 bits per heavy atom. The topological polar surface area (TPSA) is 75.1 Å². The number of hydrogen-bond acceptors (Lipinski definition) is 4. The number of anilines is 1. The van der Waals surface area contributed by atoms with Gasteiger partial charge in [0.1, 0.15) is 0 Å². The van der Waals surface area contributed by atoms with Gasteiger partial charge >= 0.3 is 0 Å². The van der Waals surface area contributed by atoms with Crippen molar-refractivity contribution in [2.75, 3.05) is 5.43 Å². The van der Waals surface area contributed by atoms with E-state index >= 15 is 0 Å². The Bertz CT molecular complexity index is 1190. The average Bonchev–Trinajstić information content (AvgIpc) is 3.04. The Morgan fingerprint density at radius 2 is 2.12 bits per heavy atom. The number of fused-ring (bicyclic) bond motifs is 2. The van der Waals surface area contributed by atoms with Crippen LogP contribution in [0.5, 0.6) is 0 Å². The van der Waals surface area contributed by atoms with Gasteiger partial charge in [0.05, 0.1) is 17.1 Å². The zero-order valence-electron chi connectivity index (χ0n) is 14.0. The molecule has 2 aromatic carbocycles. The van der Waals surface area contributed by atoms with Gasteiger partial charge in [-0.3, -0.25) is 9.36 Å². The molecule has 2 heterocycles. The van der Waals surface area contributed by atoms with E-state index in [1.165, 1.54) is 0 Å². The number of H-pyrrole nitrogens is 1. The first kappa shape index (κ1) is 16.5. The molecule has 0 aliphatic rings. The highest BCUT2D eigenvalue weighted by atomic mass is 79.9. The number of rotatable bonds is 4. The lowest BCUT2D eigenvalue weighted by Crippen LogP contribution is -2.23. The zero-order valence-corrected chi connectivity index (χ0v) is 15.6. The molecule has 2 aromatic heterocycles. The van der Waals surface area contributed by atoms with Gasteiger partial charge in [-0.2, -0.15) is 5.10 Å². The Hall–Kier alpha value is -2.93. The van der Waals surface area contributed by atoms with Crippen LogP contribution in [0.1, 0.15) is 12.5 Å². The van der Waals surface area contributed by atoms with Crippen LogP contribution in [-0.2, 0) is 6.54 Å². The molecule has 0 spiro atoms. The zero-order chi connectivity index (χ0) is 18.1. The molecule has 0 unspecified atom stereocenters. The quantitative estimate of drug-likeness (QED) is 0.393. The van der Waals surface area contributed by atoms with E-state index in [2.05, 4.69) is 36.4 Å². The Labute approximate surface area is 157 Å². The predicted octanol–water partition coefficient (Wildman–Crippen LogP) is 4.11. The maximum Gasteiger partial charge on any atom is 0.262 e. The first-order valence-corrected chi connectivity index (χ1v) is 9.02. The van der Waals surface area contributed by atoms with Crippen molar-refractivity contribution in [1.82, 2.24) is 14.5 Å². The van der Waals surface area contributed by atoms with Crippen LogP contribution in [0.4, 0.5) is 5.95 Å². The van der Waals surface area contributed by atoms with Gasteiger partial charge in [-0.25, -0.2) is 10.4 Å². The molecule has 0 amide bonds. The number of halogens is 1. The van der Waals surface area contributed by atoms with E-state index in [-0.39, 0.29) is 5.56 Å². The molecule has 0 saturated carbocycles. The molecule has 4 rings (SSSR count). The van der Waals surface area contributed by atoms with Crippen LogP contribution in [0.15, 0.2) is 63.0 Å². The van der Waals surface area contributed by atoms with Crippen molar-refractivity contribution in [1.29, 1.82) is 0 Å². The largest absolute Gasteiger partial charge is 0.361 e. The number of aromatic nitrogens is 3. The predicted molar refractivity (Wildman–Crippen MR) is 109 cm³/mol. The van der Waals surface area contributed by atoms with Gasteiger partial charge in [0, 0.05) is 33.7 Å². The number of hydrogen-bond donors (Lipinski definition) is 2. The molecule has 6 nitrogen and oxygen atoms in total. The summed E-state index contributed by atoms with van der Waals surface area (Å²) in [6.45, 7) is 2.42. The van der Waals surface area contributed by atoms with E-state index in [4.69, 9.17) is 0 Å². The molecule has 0 saturated heterocycles. The summed E-state index contributed by atoms with van der Waals surface area (Å²) in [5.74, 6) is 0.425. The highest BCUT2D eigenvalue weighted by Gasteiger charge is 2.09. The van der Waals surface area contributed by atoms with Crippen molar-refractivity contribution >= 4 is 49.9 Å². The molecule has 0 aliphatic carbocycles. The molecule has 0 bridgehead atoms. The van der Waals surface area contributed by atoms with Crippen LogP contribution in [0.25, 0.3) is 21.8 Å². The molecule has 130 valence electrons. The van der Waals surface area contributed by atoms with Crippen LogP contribution in [0.3, 0.4) is 0 Å². The Balaban J connectivity index is 1.70. The molecule has 0 atom stereocenters. The molecule has 7 heteroatoms. The second kappa shape index (κ2) is 6.76. The third kappa shape index (κ3) is 2.90. The smallest absolute Gasteiger partial charge is 0.262 e. The van der Waals surface area contributed by atoms with Crippen molar-refractivity contribution in [2.24, 2.45) is 5.10 Å². The monoisotopic (exact) mass is 409 g/mol. The van der Waals surface area contributed by atoms with Crippen LogP contribution < -0.4 is 11.0 Å². The summed E-state index contributed by atoms with van der Waals surface area (Å²) in [6.07, 6.45) is 3.61. The summed E-state index contributed by atoms with van der Waals surface area (Å²) >= 11 is 3.48. The maximum atomic E-state index is 12.6. The number of aromatic amines is 1. The second-order valence-corrected chi connectivity index (χ2v) is 6.72. The molecule has 26 heavy (non-hydrogen) atoms. The third-order valence-electron chi connectivity index (χ3n) is 4.22. The highest BCUT2D eigenvalue weighted by Crippen LogP contribution is 2.21. The molecular formula is C19H16BrN5O. The number of benzene rings is 2. The summed E-state index contributed by atoms with van der Waals surface area (Å²) in [6, 6.07) is 13.3. The van der Waals surface area contributed by atoms with Crippen molar-refractivity contribution in [2.45, 2.75) is 13.5 Å². The molecule has 2 N–H and O–H groups in total. The number of nitrogens with zero attached hydrogens (tertiary/aromatic N) is 3. The van der Waals surface area contributed by atoms with Crippen LogP contribution in [0, 0.1) is 0 Å². The first-order valence-electron chi connectivity index (χ1n) is 8.22. The first-order chi connectivity index (χ1) is 12.7. The van der Waals surface area contributed by atoms with Gasteiger partial charge in [0.15, 0.2) is 0 Å². The van der Waals surface area contributed by atoms with E-state index in [9.17, 15) is 4.79 Å². The minimum Gasteiger partial charge on any atom is -0.361 e. The van der Waals surface area contributed by atoms with E-state index in [1.54, 1.807) is 16.8 Å². The molecule has 0 aliphatic heterocycles. The summed E-state index contributed by atoms with van der Waals surface area (Å²) in [5.41, 5.74) is 5.46. The summed E-state index contributed by atoms with van der Waals surface area (Å²) < 4.78 is 2.58. The Morgan fingerprint density at radius 1 is 1.27 bits per heavy atom. The van der Waals surface area contributed by atoms with Gasteiger partial charge in [0.2, 0.25) is 5.95 Å². The second-order valence-electron chi connectivity index (χ2n) is 5.81. The van der Waals surface area contributed by atoms with Gasteiger partial charge in [0.25, 0.3) is 5.56 Å². The molecular weight excluding hydrogens is 394 g/mol.